The maximum Gasteiger partial charge on any atom is 0.318 e. The van der Waals surface area contributed by atoms with Crippen molar-refractivity contribution >= 4 is 23.5 Å². The zero-order chi connectivity index (χ0) is 14.5. The van der Waals surface area contributed by atoms with Crippen molar-refractivity contribution in [3.8, 4) is 0 Å². The number of hydrogen-bond acceptors (Lipinski definition) is 2. The maximum absolute atomic E-state index is 12.2. The third kappa shape index (κ3) is 3.22. The van der Waals surface area contributed by atoms with Crippen LogP contribution in [-0.4, -0.2) is 36.5 Å². The van der Waals surface area contributed by atoms with Gasteiger partial charge in [-0.3, -0.25) is 4.79 Å². The van der Waals surface area contributed by atoms with Crippen LogP contribution in [0.1, 0.15) is 24.9 Å². The largest absolute Gasteiger partial charge is 0.352 e. The molecule has 5 nitrogen and oxygen atoms in total. The van der Waals surface area contributed by atoms with Crippen molar-refractivity contribution in [3.63, 3.8) is 0 Å². The van der Waals surface area contributed by atoms with E-state index in [2.05, 4.69) is 10.6 Å². The molecule has 1 aliphatic rings. The van der Waals surface area contributed by atoms with Gasteiger partial charge in [-0.15, -0.1) is 0 Å². The number of halogens is 1. The first-order valence-corrected chi connectivity index (χ1v) is 7.09. The minimum Gasteiger partial charge on any atom is -0.352 e. The molecule has 6 heteroatoms. The van der Waals surface area contributed by atoms with Crippen LogP contribution in [-0.2, 0) is 4.79 Å². The SMILES string of the molecule is CCCNC(=O)N1CCNC(=O)C1c1cccc(Cl)c1. The van der Waals surface area contributed by atoms with E-state index in [1.54, 1.807) is 23.1 Å². The number of benzene rings is 1. The highest BCUT2D eigenvalue weighted by molar-refractivity contribution is 6.30. The molecule has 1 fully saturated rings. The van der Waals surface area contributed by atoms with Crippen molar-refractivity contribution in [2.24, 2.45) is 0 Å². The molecule has 1 aromatic rings. The van der Waals surface area contributed by atoms with E-state index in [4.69, 9.17) is 11.6 Å². The number of piperazine rings is 1. The highest BCUT2D eigenvalue weighted by atomic mass is 35.5. The third-order valence-electron chi connectivity index (χ3n) is 3.16. The van der Waals surface area contributed by atoms with Crippen LogP contribution in [0.3, 0.4) is 0 Å². The van der Waals surface area contributed by atoms with Gasteiger partial charge in [-0.2, -0.15) is 0 Å². The molecular formula is C14H18ClN3O2. The molecule has 0 aliphatic carbocycles. The third-order valence-corrected chi connectivity index (χ3v) is 3.40. The van der Waals surface area contributed by atoms with Crippen LogP contribution in [0.5, 0.6) is 0 Å². The van der Waals surface area contributed by atoms with Gasteiger partial charge < -0.3 is 15.5 Å². The molecule has 20 heavy (non-hydrogen) atoms. The summed E-state index contributed by atoms with van der Waals surface area (Å²) in [7, 11) is 0. The Morgan fingerprint density at radius 2 is 2.35 bits per heavy atom. The Hall–Kier alpha value is -1.75. The molecular weight excluding hydrogens is 278 g/mol. The van der Waals surface area contributed by atoms with Crippen molar-refractivity contribution in [1.82, 2.24) is 15.5 Å². The fraction of sp³-hybridized carbons (Fsp3) is 0.429. The average molecular weight is 296 g/mol. The van der Waals surface area contributed by atoms with Crippen molar-refractivity contribution < 1.29 is 9.59 Å². The second-order valence-electron chi connectivity index (χ2n) is 4.67. The Balaban J connectivity index is 2.24. The molecule has 3 amide bonds. The van der Waals surface area contributed by atoms with Crippen LogP contribution in [0.25, 0.3) is 0 Å². The fourth-order valence-corrected chi connectivity index (χ4v) is 2.43. The Bertz CT molecular complexity index is 507. The lowest BCUT2D eigenvalue weighted by Crippen LogP contribution is -2.54. The number of nitrogens with one attached hydrogen (secondary N) is 2. The number of urea groups is 1. The van der Waals surface area contributed by atoms with Gasteiger partial charge in [0.05, 0.1) is 0 Å². The van der Waals surface area contributed by atoms with Crippen LogP contribution < -0.4 is 10.6 Å². The standard InChI is InChI=1S/C14H18ClN3O2/c1-2-6-17-14(20)18-8-7-16-13(19)12(18)10-4-3-5-11(15)9-10/h3-5,9,12H,2,6-8H2,1H3,(H,16,19)(H,17,20). The molecule has 1 heterocycles. The van der Waals surface area contributed by atoms with Crippen LogP contribution in [0.2, 0.25) is 5.02 Å². The summed E-state index contributed by atoms with van der Waals surface area (Å²) in [5.41, 5.74) is 0.723. The Morgan fingerprint density at radius 3 is 3.05 bits per heavy atom. The summed E-state index contributed by atoms with van der Waals surface area (Å²) in [6.45, 7) is 3.53. The minimum absolute atomic E-state index is 0.176. The van der Waals surface area contributed by atoms with Gasteiger partial charge in [-0.1, -0.05) is 30.7 Å². The summed E-state index contributed by atoms with van der Waals surface area (Å²) in [6.07, 6.45) is 0.855. The predicted molar refractivity (Wildman–Crippen MR) is 77.6 cm³/mol. The molecule has 0 spiro atoms. The predicted octanol–water partition coefficient (Wildman–Crippen LogP) is 1.93. The lowest BCUT2D eigenvalue weighted by molar-refractivity contribution is -0.127. The highest BCUT2D eigenvalue weighted by Crippen LogP contribution is 2.25. The van der Waals surface area contributed by atoms with Crippen molar-refractivity contribution in [1.29, 1.82) is 0 Å². The number of amides is 3. The van der Waals surface area contributed by atoms with E-state index in [0.717, 1.165) is 12.0 Å². The Morgan fingerprint density at radius 1 is 1.55 bits per heavy atom. The van der Waals surface area contributed by atoms with Crippen LogP contribution in [0.15, 0.2) is 24.3 Å². The molecule has 0 saturated carbocycles. The quantitative estimate of drug-likeness (QED) is 0.895. The summed E-state index contributed by atoms with van der Waals surface area (Å²) in [4.78, 5) is 25.8. The van der Waals surface area contributed by atoms with Gasteiger partial charge in [0.2, 0.25) is 5.91 Å². The van der Waals surface area contributed by atoms with E-state index in [0.29, 0.717) is 24.7 Å². The monoisotopic (exact) mass is 295 g/mol. The lowest BCUT2D eigenvalue weighted by Gasteiger charge is -2.35. The van der Waals surface area contributed by atoms with Gasteiger partial charge in [0, 0.05) is 24.7 Å². The maximum atomic E-state index is 12.2. The summed E-state index contributed by atoms with van der Waals surface area (Å²) in [6, 6.07) is 6.21. The zero-order valence-electron chi connectivity index (χ0n) is 11.4. The second-order valence-corrected chi connectivity index (χ2v) is 5.11. The van der Waals surface area contributed by atoms with Crippen LogP contribution >= 0.6 is 11.6 Å². The fourth-order valence-electron chi connectivity index (χ4n) is 2.23. The Kier molecular flexibility index (Phi) is 4.84. The average Bonchev–Trinajstić information content (AvgIpc) is 2.44. The number of carbonyl (C=O) groups excluding carboxylic acids is 2. The van der Waals surface area contributed by atoms with E-state index >= 15 is 0 Å². The second kappa shape index (κ2) is 6.61. The summed E-state index contributed by atoms with van der Waals surface area (Å²) in [5.74, 6) is -0.176. The van der Waals surface area contributed by atoms with Crippen LogP contribution in [0.4, 0.5) is 4.79 Å². The molecule has 1 unspecified atom stereocenters. The van der Waals surface area contributed by atoms with Gasteiger partial charge in [0.25, 0.3) is 0 Å². The van der Waals surface area contributed by atoms with E-state index < -0.39 is 6.04 Å². The van der Waals surface area contributed by atoms with Gasteiger partial charge >= 0.3 is 6.03 Å². The van der Waals surface area contributed by atoms with E-state index in [9.17, 15) is 9.59 Å². The molecule has 108 valence electrons. The topological polar surface area (TPSA) is 61.4 Å². The van der Waals surface area contributed by atoms with E-state index in [-0.39, 0.29) is 11.9 Å². The molecule has 2 N–H and O–H groups in total. The van der Waals surface area contributed by atoms with Gasteiger partial charge in [-0.05, 0) is 24.1 Å². The minimum atomic E-state index is -0.626. The first kappa shape index (κ1) is 14.7. The summed E-state index contributed by atoms with van der Waals surface area (Å²) < 4.78 is 0. The smallest absolute Gasteiger partial charge is 0.318 e. The molecule has 1 atom stereocenters. The normalized spacial score (nSPS) is 18.6. The first-order valence-electron chi connectivity index (χ1n) is 6.71. The number of nitrogens with zero attached hydrogens (tertiary/aromatic N) is 1. The molecule has 0 bridgehead atoms. The first-order chi connectivity index (χ1) is 9.63. The van der Waals surface area contributed by atoms with Gasteiger partial charge in [0.1, 0.15) is 6.04 Å². The molecule has 1 saturated heterocycles. The molecule has 1 aliphatic heterocycles. The highest BCUT2D eigenvalue weighted by Gasteiger charge is 2.34. The van der Waals surface area contributed by atoms with Gasteiger partial charge in [-0.25, -0.2) is 4.79 Å². The van der Waals surface area contributed by atoms with Gasteiger partial charge in [0.15, 0.2) is 0 Å². The lowest BCUT2D eigenvalue weighted by atomic mass is 10.0. The zero-order valence-corrected chi connectivity index (χ0v) is 12.1. The van der Waals surface area contributed by atoms with Crippen molar-refractivity contribution in [3.05, 3.63) is 34.9 Å². The van der Waals surface area contributed by atoms with E-state index in [1.165, 1.54) is 0 Å². The molecule has 0 radical (unpaired) electrons. The van der Waals surface area contributed by atoms with Crippen molar-refractivity contribution in [2.75, 3.05) is 19.6 Å². The number of hydrogen-bond donors (Lipinski definition) is 2. The summed E-state index contributed by atoms with van der Waals surface area (Å²) in [5, 5.41) is 6.15. The molecule has 1 aromatic carbocycles. The number of rotatable bonds is 3. The van der Waals surface area contributed by atoms with Crippen molar-refractivity contribution in [2.45, 2.75) is 19.4 Å². The molecule has 2 rings (SSSR count). The van der Waals surface area contributed by atoms with E-state index in [1.807, 2.05) is 13.0 Å². The molecule has 0 aromatic heterocycles. The number of carbonyl (C=O) groups is 2. The van der Waals surface area contributed by atoms with Crippen LogP contribution in [0, 0.1) is 0 Å². The Labute approximate surface area is 123 Å². The summed E-state index contributed by atoms with van der Waals surface area (Å²) >= 11 is 5.97.